The lowest BCUT2D eigenvalue weighted by molar-refractivity contribution is -0.145. The number of rotatable bonds is 8. The SMILES string of the molecule is COc1ccc(CCO[C@H]2CCCCC2N2CC[C@H](OC(C)=O)C2)cc1OC. The Balaban J connectivity index is 1.52. The van der Waals surface area contributed by atoms with Gasteiger partial charge in [-0.05, 0) is 43.4 Å². The van der Waals surface area contributed by atoms with Crippen molar-refractivity contribution in [2.75, 3.05) is 33.9 Å². The van der Waals surface area contributed by atoms with Crippen molar-refractivity contribution in [3.63, 3.8) is 0 Å². The zero-order valence-electron chi connectivity index (χ0n) is 17.3. The second-order valence-electron chi connectivity index (χ2n) is 7.72. The quantitative estimate of drug-likeness (QED) is 0.634. The predicted octanol–water partition coefficient (Wildman–Crippen LogP) is 3.21. The van der Waals surface area contributed by atoms with E-state index in [1.54, 1.807) is 14.2 Å². The summed E-state index contributed by atoms with van der Waals surface area (Å²) in [7, 11) is 3.30. The number of benzene rings is 1. The lowest BCUT2D eigenvalue weighted by Gasteiger charge is -2.37. The van der Waals surface area contributed by atoms with Crippen molar-refractivity contribution < 1.29 is 23.7 Å². The van der Waals surface area contributed by atoms with Crippen LogP contribution in [0.25, 0.3) is 0 Å². The third-order valence-electron chi connectivity index (χ3n) is 5.82. The number of methoxy groups -OCH3 is 2. The highest BCUT2D eigenvalue weighted by Crippen LogP contribution is 2.30. The Labute approximate surface area is 168 Å². The summed E-state index contributed by atoms with van der Waals surface area (Å²) >= 11 is 0. The fourth-order valence-corrected chi connectivity index (χ4v) is 4.44. The van der Waals surface area contributed by atoms with Crippen LogP contribution in [0.15, 0.2) is 18.2 Å². The van der Waals surface area contributed by atoms with Crippen molar-refractivity contribution in [2.24, 2.45) is 0 Å². The number of likely N-dealkylation sites (tertiary alicyclic amines) is 1. The normalized spacial score (nSPS) is 25.5. The van der Waals surface area contributed by atoms with E-state index in [4.69, 9.17) is 18.9 Å². The molecule has 0 amide bonds. The molecule has 0 spiro atoms. The zero-order chi connectivity index (χ0) is 19.9. The minimum Gasteiger partial charge on any atom is -0.493 e. The predicted molar refractivity (Wildman–Crippen MR) is 107 cm³/mol. The summed E-state index contributed by atoms with van der Waals surface area (Å²) < 4.78 is 22.4. The molecule has 0 aromatic heterocycles. The Morgan fingerprint density at radius 1 is 1.11 bits per heavy atom. The summed E-state index contributed by atoms with van der Waals surface area (Å²) in [4.78, 5) is 13.7. The summed E-state index contributed by atoms with van der Waals surface area (Å²) in [6.45, 7) is 4.00. The summed E-state index contributed by atoms with van der Waals surface area (Å²) in [5.74, 6) is 1.32. The first-order chi connectivity index (χ1) is 13.6. The molecule has 28 heavy (non-hydrogen) atoms. The van der Waals surface area contributed by atoms with E-state index in [0.717, 1.165) is 50.3 Å². The number of carbonyl (C=O) groups excluding carboxylic acids is 1. The standard InChI is InChI=1S/C22H33NO5/c1-16(24)28-18-10-12-23(15-18)19-6-4-5-7-20(19)27-13-11-17-8-9-21(25-2)22(14-17)26-3/h8-9,14,18-20H,4-7,10-13,15H2,1-3H3/t18-,19?,20-/m0/s1. The molecule has 0 radical (unpaired) electrons. The Morgan fingerprint density at radius 2 is 1.89 bits per heavy atom. The molecule has 2 aliphatic rings. The number of esters is 1. The molecule has 3 rings (SSSR count). The summed E-state index contributed by atoms with van der Waals surface area (Å²) in [6, 6.07) is 6.45. The molecule has 0 N–H and O–H groups in total. The maximum absolute atomic E-state index is 11.2. The van der Waals surface area contributed by atoms with E-state index < -0.39 is 0 Å². The van der Waals surface area contributed by atoms with E-state index in [9.17, 15) is 4.79 Å². The van der Waals surface area contributed by atoms with Gasteiger partial charge in [0.05, 0.1) is 26.9 Å². The highest BCUT2D eigenvalue weighted by molar-refractivity contribution is 5.66. The Hall–Kier alpha value is -1.79. The van der Waals surface area contributed by atoms with Gasteiger partial charge in [0.1, 0.15) is 6.10 Å². The second kappa shape index (κ2) is 10.1. The number of hydrogen-bond donors (Lipinski definition) is 0. The van der Waals surface area contributed by atoms with Gasteiger partial charge in [-0.25, -0.2) is 0 Å². The molecule has 0 bridgehead atoms. The van der Waals surface area contributed by atoms with Crippen LogP contribution in [0.4, 0.5) is 0 Å². The van der Waals surface area contributed by atoms with Crippen LogP contribution in [0, 0.1) is 0 Å². The smallest absolute Gasteiger partial charge is 0.302 e. The maximum atomic E-state index is 11.2. The van der Waals surface area contributed by atoms with Gasteiger partial charge in [0.25, 0.3) is 0 Å². The van der Waals surface area contributed by atoms with Gasteiger partial charge in [0, 0.05) is 26.1 Å². The van der Waals surface area contributed by atoms with E-state index >= 15 is 0 Å². The Bertz CT molecular complexity index is 650. The molecule has 156 valence electrons. The van der Waals surface area contributed by atoms with Gasteiger partial charge in [0.15, 0.2) is 11.5 Å². The van der Waals surface area contributed by atoms with Crippen LogP contribution in [0.1, 0.15) is 44.6 Å². The van der Waals surface area contributed by atoms with Crippen LogP contribution in [0.2, 0.25) is 0 Å². The van der Waals surface area contributed by atoms with E-state index in [2.05, 4.69) is 11.0 Å². The van der Waals surface area contributed by atoms with Crippen LogP contribution in [0.3, 0.4) is 0 Å². The molecule has 1 aromatic rings. The fraction of sp³-hybridized carbons (Fsp3) is 0.682. The van der Waals surface area contributed by atoms with E-state index in [0.29, 0.717) is 12.6 Å². The van der Waals surface area contributed by atoms with Gasteiger partial charge in [-0.2, -0.15) is 0 Å². The summed E-state index contributed by atoms with van der Waals surface area (Å²) in [6.07, 6.45) is 6.79. The molecule has 6 heteroatoms. The third kappa shape index (κ3) is 5.39. The molecule has 1 aromatic carbocycles. The van der Waals surface area contributed by atoms with Gasteiger partial charge < -0.3 is 18.9 Å². The monoisotopic (exact) mass is 391 g/mol. The van der Waals surface area contributed by atoms with E-state index in [-0.39, 0.29) is 18.2 Å². The average Bonchev–Trinajstić information content (AvgIpc) is 3.15. The zero-order valence-corrected chi connectivity index (χ0v) is 17.3. The molecule has 1 aliphatic carbocycles. The van der Waals surface area contributed by atoms with E-state index in [1.807, 2.05) is 12.1 Å². The number of carbonyl (C=O) groups is 1. The van der Waals surface area contributed by atoms with Gasteiger partial charge in [-0.1, -0.05) is 18.9 Å². The lowest BCUT2D eigenvalue weighted by atomic mass is 9.91. The molecular weight excluding hydrogens is 358 g/mol. The highest BCUT2D eigenvalue weighted by Gasteiger charge is 2.36. The minimum absolute atomic E-state index is 0.0341. The molecule has 3 atom stereocenters. The van der Waals surface area contributed by atoms with Crippen LogP contribution in [-0.2, 0) is 20.7 Å². The van der Waals surface area contributed by atoms with Crippen molar-refractivity contribution in [3.05, 3.63) is 23.8 Å². The Morgan fingerprint density at radius 3 is 2.64 bits per heavy atom. The van der Waals surface area contributed by atoms with Crippen LogP contribution < -0.4 is 9.47 Å². The number of ether oxygens (including phenoxy) is 4. The molecule has 1 unspecified atom stereocenters. The van der Waals surface area contributed by atoms with Gasteiger partial charge >= 0.3 is 5.97 Å². The molecule has 1 saturated carbocycles. The topological polar surface area (TPSA) is 57.2 Å². The van der Waals surface area contributed by atoms with Crippen molar-refractivity contribution in [1.29, 1.82) is 0 Å². The first-order valence-electron chi connectivity index (χ1n) is 10.3. The highest BCUT2D eigenvalue weighted by atomic mass is 16.5. The molecule has 2 fully saturated rings. The first-order valence-corrected chi connectivity index (χ1v) is 10.3. The van der Waals surface area contributed by atoms with Gasteiger partial charge in [-0.3, -0.25) is 9.69 Å². The van der Waals surface area contributed by atoms with E-state index in [1.165, 1.54) is 25.3 Å². The molecular formula is C22H33NO5. The van der Waals surface area contributed by atoms with Crippen molar-refractivity contribution in [1.82, 2.24) is 4.90 Å². The van der Waals surface area contributed by atoms with Gasteiger partial charge in [0.2, 0.25) is 0 Å². The molecule has 1 aliphatic heterocycles. The lowest BCUT2D eigenvalue weighted by Crippen LogP contribution is -2.46. The Kier molecular flexibility index (Phi) is 7.57. The van der Waals surface area contributed by atoms with Crippen LogP contribution in [-0.4, -0.2) is 63.0 Å². The van der Waals surface area contributed by atoms with Crippen molar-refractivity contribution in [2.45, 2.75) is 63.7 Å². The molecule has 1 saturated heterocycles. The fourth-order valence-electron chi connectivity index (χ4n) is 4.44. The van der Waals surface area contributed by atoms with Crippen molar-refractivity contribution >= 4 is 5.97 Å². The number of hydrogen-bond acceptors (Lipinski definition) is 6. The second-order valence-corrected chi connectivity index (χ2v) is 7.72. The summed E-state index contributed by atoms with van der Waals surface area (Å²) in [5, 5.41) is 0. The third-order valence-corrected chi connectivity index (χ3v) is 5.82. The molecule has 1 heterocycles. The maximum Gasteiger partial charge on any atom is 0.302 e. The summed E-state index contributed by atoms with van der Waals surface area (Å²) in [5.41, 5.74) is 1.18. The first kappa shape index (κ1) is 20.9. The van der Waals surface area contributed by atoms with Crippen LogP contribution in [0.5, 0.6) is 11.5 Å². The van der Waals surface area contributed by atoms with Crippen molar-refractivity contribution in [3.8, 4) is 11.5 Å². The average molecular weight is 392 g/mol. The number of nitrogens with zero attached hydrogens (tertiary/aromatic N) is 1. The van der Waals surface area contributed by atoms with Crippen LogP contribution >= 0.6 is 0 Å². The minimum atomic E-state index is -0.182. The largest absolute Gasteiger partial charge is 0.493 e. The molecule has 6 nitrogen and oxygen atoms in total. The van der Waals surface area contributed by atoms with Gasteiger partial charge in [-0.15, -0.1) is 0 Å².